The van der Waals surface area contributed by atoms with Crippen molar-refractivity contribution < 1.29 is 4.79 Å². The molecule has 0 bridgehead atoms. The van der Waals surface area contributed by atoms with Crippen LogP contribution in [0.2, 0.25) is 10.0 Å². The van der Waals surface area contributed by atoms with Crippen LogP contribution in [0.25, 0.3) is 10.9 Å². The molecule has 1 aliphatic heterocycles. The number of nitrogens with zero attached hydrogens (tertiary/aromatic N) is 4. The van der Waals surface area contributed by atoms with E-state index < -0.39 is 6.04 Å². The number of aromatic nitrogens is 2. The van der Waals surface area contributed by atoms with Crippen LogP contribution in [-0.4, -0.2) is 57.9 Å². The van der Waals surface area contributed by atoms with Crippen LogP contribution in [0.5, 0.6) is 0 Å². The van der Waals surface area contributed by atoms with Crippen LogP contribution >= 0.6 is 23.2 Å². The van der Waals surface area contributed by atoms with Crippen molar-refractivity contribution in [3.05, 3.63) is 99.8 Å². The lowest BCUT2D eigenvalue weighted by Gasteiger charge is -2.39. The van der Waals surface area contributed by atoms with E-state index >= 15 is 0 Å². The van der Waals surface area contributed by atoms with Crippen molar-refractivity contribution in [2.24, 2.45) is 11.7 Å². The third-order valence-electron chi connectivity index (χ3n) is 7.52. The molecule has 214 valence electrons. The van der Waals surface area contributed by atoms with Gasteiger partial charge in [0, 0.05) is 41.6 Å². The molecule has 1 aliphatic rings. The van der Waals surface area contributed by atoms with Gasteiger partial charge in [-0.25, -0.2) is 9.97 Å². The molecule has 1 atom stereocenters. The maximum Gasteiger partial charge on any atom is 0.239 e. The van der Waals surface area contributed by atoms with Gasteiger partial charge in [0.2, 0.25) is 5.91 Å². The Balaban J connectivity index is 1.33. The Kier molecular flexibility index (Phi) is 9.40. The molecular weight excluding hydrogens is 555 g/mol. The number of hydrogen-bond donors (Lipinski definition) is 2. The van der Waals surface area contributed by atoms with Crippen LogP contribution < -0.4 is 11.1 Å². The zero-order chi connectivity index (χ0) is 28.9. The molecule has 9 heteroatoms. The molecule has 0 spiro atoms. The van der Waals surface area contributed by atoms with Gasteiger partial charge in [0.25, 0.3) is 0 Å². The van der Waals surface area contributed by atoms with Crippen molar-refractivity contribution in [1.29, 1.82) is 0 Å². The predicted octanol–water partition coefficient (Wildman–Crippen LogP) is 6.16. The molecule has 0 radical (unpaired) electrons. The maximum absolute atomic E-state index is 12.2. The number of primary amides is 1. The third kappa shape index (κ3) is 7.35. The number of fused-ring (bicyclic) bond motifs is 1. The van der Waals surface area contributed by atoms with Crippen LogP contribution in [0.15, 0.2) is 72.8 Å². The second-order valence-electron chi connectivity index (χ2n) is 11.1. The van der Waals surface area contributed by atoms with Crippen molar-refractivity contribution in [3.63, 3.8) is 0 Å². The Morgan fingerprint density at radius 1 is 0.878 bits per heavy atom. The fourth-order valence-corrected chi connectivity index (χ4v) is 5.72. The summed E-state index contributed by atoms with van der Waals surface area (Å²) in [5.41, 5.74) is 8.97. The molecule has 2 heterocycles. The minimum Gasteiger partial charge on any atom is -0.368 e. The lowest BCUT2D eigenvalue weighted by Crippen LogP contribution is -2.47. The van der Waals surface area contributed by atoms with Crippen molar-refractivity contribution in [2.75, 3.05) is 31.5 Å². The minimum atomic E-state index is -0.498. The molecule has 1 aromatic heterocycles. The molecule has 5 rings (SSSR count). The van der Waals surface area contributed by atoms with Crippen molar-refractivity contribution in [1.82, 2.24) is 19.8 Å². The summed E-state index contributed by atoms with van der Waals surface area (Å²) in [5, 5.41) is 5.66. The molecule has 1 saturated heterocycles. The SMILES string of the molecule is CC(C)CC(Nc1nc(CN2CCN(C(c3ccc(Cl)cc3)c3ccc(Cl)cc3)CC2)nc2ccccc12)C(N)=O. The summed E-state index contributed by atoms with van der Waals surface area (Å²) in [4.78, 5) is 26.8. The molecule has 0 saturated carbocycles. The number of carbonyl (C=O) groups is 1. The van der Waals surface area contributed by atoms with Gasteiger partial charge in [0.05, 0.1) is 18.1 Å². The van der Waals surface area contributed by atoms with E-state index in [4.69, 9.17) is 38.9 Å². The maximum atomic E-state index is 12.2. The fraction of sp³-hybridized carbons (Fsp3) is 0.344. The molecule has 41 heavy (non-hydrogen) atoms. The Morgan fingerprint density at radius 3 is 2.02 bits per heavy atom. The fourth-order valence-electron chi connectivity index (χ4n) is 5.47. The largest absolute Gasteiger partial charge is 0.368 e. The number of halogens is 2. The Labute approximate surface area is 251 Å². The number of anilines is 1. The minimum absolute atomic E-state index is 0.103. The summed E-state index contributed by atoms with van der Waals surface area (Å²) in [5.74, 6) is 1.31. The van der Waals surface area contributed by atoms with Gasteiger partial charge in [-0.2, -0.15) is 0 Å². The van der Waals surface area contributed by atoms with E-state index in [0.717, 1.165) is 53.0 Å². The zero-order valence-electron chi connectivity index (χ0n) is 23.4. The van der Waals surface area contributed by atoms with E-state index in [2.05, 4.69) is 53.2 Å². The molecule has 4 aromatic rings. The molecular formula is C32H36Cl2N6O. The van der Waals surface area contributed by atoms with Crippen LogP contribution in [-0.2, 0) is 11.3 Å². The van der Waals surface area contributed by atoms with Crippen LogP contribution in [0, 0.1) is 5.92 Å². The molecule has 7 nitrogen and oxygen atoms in total. The summed E-state index contributed by atoms with van der Waals surface area (Å²) in [6, 6.07) is 23.7. The summed E-state index contributed by atoms with van der Waals surface area (Å²) < 4.78 is 0. The summed E-state index contributed by atoms with van der Waals surface area (Å²) >= 11 is 12.4. The van der Waals surface area contributed by atoms with Gasteiger partial charge in [-0.15, -0.1) is 0 Å². The van der Waals surface area contributed by atoms with E-state index in [1.807, 2.05) is 48.5 Å². The van der Waals surface area contributed by atoms with Gasteiger partial charge in [0.15, 0.2) is 0 Å². The molecule has 1 unspecified atom stereocenters. The first-order valence-electron chi connectivity index (χ1n) is 14.1. The average molecular weight is 592 g/mol. The lowest BCUT2D eigenvalue weighted by molar-refractivity contribution is -0.119. The summed E-state index contributed by atoms with van der Waals surface area (Å²) in [6.07, 6.45) is 0.632. The van der Waals surface area contributed by atoms with E-state index in [9.17, 15) is 4.79 Å². The average Bonchev–Trinajstić information content (AvgIpc) is 2.95. The number of hydrogen-bond acceptors (Lipinski definition) is 6. The molecule has 1 fully saturated rings. The predicted molar refractivity (Wildman–Crippen MR) is 167 cm³/mol. The summed E-state index contributed by atoms with van der Waals surface area (Å²) in [7, 11) is 0. The van der Waals surface area contributed by atoms with E-state index in [0.29, 0.717) is 24.7 Å². The second kappa shape index (κ2) is 13.2. The standard InChI is InChI=1S/C32H36Cl2N6O/c1-21(2)19-28(31(35)41)37-32-26-5-3-4-6-27(26)36-29(38-32)20-39-15-17-40(18-16-39)30(22-7-11-24(33)12-8-22)23-9-13-25(34)14-10-23/h3-14,21,28,30H,15-20H2,1-2H3,(H2,35,41)(H,36,37,38). The van der Waals surface area contributed by atoms with Crippen molar-refractivity contribution in [2.45, 2.75) is 38.9 Å². The van der Waals surface area contributed by atoms with Crippen LogP contribution in [0.4, 0.5) is 5.82 Å². The van der Waals surface area contributed by atoms with Crippen LogP contribution in [0.3, 0.4) is 0 Å². The Morgan fingerprint density at radius 2 is 1.46 bits per heavy atom. The highest BCUT2D eigenvalue weighted by atomic mass is 35.5. The Hall–Kier alpha value is -3.23. The van der Waals surface area contributed by atoms with Gasteiger partial charge in [0.1, 0.15) is 17.7 Å². The van der Waals surface area contributed by atoms with Gasteiger partial charge in [-0.05, 0) is 59.9 Å². The Bertz CT molecular complexity index is 1420. The second-order valence-corrected chi connectivity index (χ2v) is 11.9. The third-order valence-corrected chi connectivity index (χ3v) is 8.02. The smallest absolute Gasteiger partial charge is 0.239 e. The number of para-hydroxylation sites is 1. The van der Waals surface area contributed by atoms with E-state index in [-0.39, 0.29) is 11.9 Å². The number of benzene rings is 3. The highest BCUT2D eigenvalue weighted by Gasteiger charge is 2.27. The topological polar surface area (TPSA) is 87.4 Å². The monoisotopic (exact) mass is 590 g/mol. The zero-order valence-corrected chi connectivity index (χ0v) is 24.9. The summed E-state index contributed by atoms with van der Waals surface area (Å²) in [6.45, 7) is 8.27. The molecule has 1 amide bonds. The highest BCUT2D eigenvalue weighted by molar-refractivity contribution is 6.30. The molecule has 3 N–H and O–H groups in total. The highest BCUT2D eigenvalue weighted by Crippen LogP contribution is 2.31. The quantitative estimate of drug-likeness (QED) is 0.230. The normalized spacial score (nSPS) is 15.5. The number of piperazine rings is 1. The van der Waals surface area contributed by atoms with Crippen LogP contribution in [0.1, 0.15) is 43.3 Å². The number of nitrogens with one attached hydrogen (secondary N) is 1. The number of amides is 1. The molecule has 3 aromatic carbocycles. The van der Waals surface area contributed by atoms with Gasteiger partial charge in [-0.3, -0.25) is 14.6 Å². The first kappa shape index (κ1) is 29.3. The van der Waals surface area contributed by atoms with Gasteiger partial charge >= 0.3 is 0 Å². The number of rotatable bonds is 10. The molecule has 0 aliphatic carbocycles. The number of nitrogens with two attached hydrogens (primary N) is 1. The van der Waals surface area contributed by atoms with E-state index in [1.54, 1.807) is 0 Å². The van der Waals surface area contributed by atoms with Crippen molar-refractivity contribution in [3.8, 4) is 0 Å². The van der Waals surface area contributed by atoms with Crippen molar-refractivity contribution >= 4 is 45.8 Å². The van der Waals surface area contributed by atoms with Gasteiger partial charge < -0.3 is 11.1 Å². The first-order chi connectivity index (χ1) is 19.8. The van der Waals surface area contributed by atoms with Gasteiger partial charge in [-0.1, -0.05) is 73.4 Å². The number of carbonyl (C=O) groups excluding carboxylic acids is 1. The first-order valence-corrected chi connectivity index (χ1v) is 14.8. The lowest BCUT2D eigenvalue weighted by atomic mass is 9.96. The van der Waals surface area contributed by atoms with E-state index in [1.165, 1.54) is 11.1 Å².